The quantitative estimate of drug-likeness (QED) is 0.594. The number of fused-ring (bicyclic) bond motifs is 6. The van der Waals surface area contributed by atoms with Gasteiger partial charge in [-0.1, -0.05) is 6.08 Å². The van der Waals surface area contributed by atoms with Gasteiger partial charge in [0.15, 0.2) is 0 Å². The summed E-state index contributed by atoms with van der Waals surface area (Å²) in [5.74, 6) is -0.794. The zero-order valence-electron chi connectivity index (χ0n) is 16.3. The number of amides is 2. The summed E-state index contributed by atoms with van der Waals surface area (Å²) in [6, 6.07) is 3.99. The Bertz CT molecular complexity index is 1440. The summed E-state index contributed by atoms with van der Waals surface area (Å²) in [7, 11) is 0. The number of nitrogens with zero attached hydrogens (tertiary/aromatic N) is 2. The van der Waals surface area contributed by atoms with Crippen molar-refractivity contribution < 1.29 is 9.59 Å². The topological polar surface area (TPSA) is 98.7 Å². The molecule has 0 spiro atoms. The molecular weight excluding hydrogens is 390 g/mol. The van der Waals surface area contributed by atoms with Crippen LogP contribution in [0, 0.1) is 0 Å². The fourth-order valence-electron chi connectivity index (χ4n) is 4.26. The van der Waals surface area contributed by atoms with E-state index in [1.54, 1.807) is 0 Å². The van der Waals surface area contributed by atoms with Crippen LogP contribution in [-0.4, -0.2) is 33.8 Å². The lowest BCUT2D eigenvalue weighted by molar-refractivity contribution is -0.124. The molecule has 7 nitrogen and oxygen atoms in total. The van der Waals surface area contributed by atoms with Gasteiger partial charge in [-0.05, 0) is 67.2 Å². The van der Waals surface area contributed by atoms with Gasteiger partial charge < -0.3 is 10.3 Å². The van der Waals surface area contributed by atoms with Crippen LogP contribution in [0.4, 0.5) is 0 Å². The molecule has 2 amide bonds. The third kappa shape index (κ3) is 3.07. The number of hydrogen-bond donors (Lipinski definition) is 3. The van der Waals surface area contributed by atoms with Crippen molar-refractivity contribution in [2.45, 2.75) is 12.0 Å². The van der Waals surface area contributed by atoms with E-state index in [0.29, 0.717) is 12.0 Å². The molecular formula is C24H17N5O2. The van der Waals surface area contributed by atoms with Crippen molar-refractivity contribution in [3.63, 3.8) is 0 Å². The number of nitrogens with one attached hydrogen (secondary N) is 3. The van der Waals surface area contributed by atoms with Crippen molar-refractivity contribution >= 4 is 35.4 Å². The fraction of sp³-hybridized carbons (Fsp3) is 0.0833. The summed E-state index contributed by atoms with van der Waals surface area (Å²) < 4.78 is 0. The number of aliphatic imine (C=N–C) groups is 2. The lowest BCUT2D eigenvalue weighted by Gasteiger charge is -2.28. The van der Waals surface area contributed by atoms with Gasteiger partial charge in [0, 0.05) is 22.5 Å². The van der Waals surface area contributed by atoms with Crippen molar-refractivity contribution in [3.05, 3.63) is 94.1 Å². The van der Waals surface area contributed by atoms with Crippen LogP contribution in [0.2, 0.25) is 0 Å². The minimum Gasteiger partial charge on any atom is -0.372 e. The number of imide groups is 1. The molecule has 6 heterocycles. The molecule has 0 aliphatic carbocycles. The van der Waals surface area contributed by atoms with Crippen LogP contribution in [0.3, 0.4) is 0 Å². The second-order valence-electron chi connectivity index (χ2n) is 7.87. The molecule has 3 N–H and O–H groups in total. The Kier molecular flexibility index (Phi) is 3.61. The number of carbonyl (C=O) groups excluding carboxylic acids is 2. The summed E-state index contributed by atoms with van der Waals surface area (Å²) in [6.07, 6.45) is 19.4. The van der Waals surface area contributed by atoms with Gasteiger partial charge in [0.05, 0.1) is 33.9 Å². The highest BCUT2D eigenvalue weighted by Crippen LogP contribution is 2.35. The van der Waals surface area contributed by atoms with Crippen molar-refractivity contribution in [2.24, 2.45) is 9.98 Å². The Hall–Kier alpha value is -4.26. The number of allylic oxidation sites excluding steroid dienone is 5. The second-order valence-corrected chi connectivity index (χ2v) is 7.87. The molecule has 0 aromatic carbocycles. The molecule has 150 valence electrons. The summed E-state index contributed by atoms with van der Waals surface area (Å²) in [5, 5.41) is 7.69. The van der Waals surface area contributed by atoms with Crippen LogP contribution in [-0.2, 0) is 9.59 Å². The largest absolute Gasteiger partial charge is 0.372 e. The lowest BCUT2D eigenvalue weighted by Crippen LogP contribution is -2.44. The Morgan fingerprint density at radius 3 is 2.26 bits per heavy atom. The molecule has 0 fully saturated rings. The lowest BCUT2D eigenvalue weighted by atomic mass is 9.87. The van der Waals surface area contributed by atoms with Crippen LogP contribution in [0.25, 0.3) is 12.2 Å². The van der Waals surface area contributed by atoms with E-state index < -0.39 is 17.4 Å². The van der Waals surface area contributed by atoms with E-state index in [-0.39, 0.29) is 0 Å². The molecule has 31 heavy (non-hydrogen) atoms. The SMILES string of the molecule is O=C1C=C(C23/C=C4/C=CC(=N4)/C=c4/cc/c([nH]4)=C/C4=NC(=C\C(=CC2)N3)/C=C4)C(=O)N1. The minimum atomic E-state index is -0.862. The highest BCUT2D eigenvalue weighted by atomic mass is 16.2. The number of hydrogen-bond acceptors (Lipinski definition) is 5. The smallest absolute Gasteiger partial charge is 0.256 e. The second kappa shape index (κ2) is 6.37. The van der Waals surface area contributed by atoms with Gasteiger partial charge in [-0.15, -0.1) is 0 Å². The molecule has 1 aromatic heterocycles. The highest BCUT2D eigenvalue weighted by molar-refractivity contribution is 6.20. The first-order chi connectivity index (χ1) is 15.0. The van der Waals surface area contributed by atoms with E-state index in [2.05, 4.69) is 20.6 Å². The minimum absolute atomic E-state index is 0.380. The Morgan fingerprint density at radius 1 is 0.839 bits per heavy atom. The van der Waals surface area contributed by atoms with Gasteiger partial charge in [0.1, 0.15) is 0 Å². The number of aromatic amines is 1. The van der Waals surface area contributed by atoms with Crippen LogP contribution in [0.15, 0.2) is 93.4 Å². The normalized spacial score (nSPS) is 31.1. The average molecular weight is 407 g/mol. The number of rotatable bonds is 1. The first-order valence-electron chi connectivity index (χ1n) is 9.97. The summed E-state index contributed by atoms with van der Waals surface area (Å²) in [4.78, 5) is 37.1. The number of aromatic nitrogens is 1. The molecule has 1 atom stereocenters. The van der Waals surface area contributed by atoms with Crippen LogP contribution in [0.5, 0.6) is 0 Å². The van der Waals surface area contributed by atoms with Crippen molar-refractivity contribution in [2.75, 3.05) is 0 Å². The summed E-state index contributed by atoms with van der Waals surface area (Å²) in [6.45, 7) is 0. The Balaban J connectivity index is 1.53. The van der Waals surface area contributed by atoms with E-state index in [1.165, 1.54) is 6.08 Å². The van der Waals surface area contributed by atoms with Crippen molar-refractivity contribution in [1.82, 2.24) is 15.6 Å². The first-order valence-corrected chi connectivity index (χ1v) is 9.97. The predicted octanol–water partition coefficient (Wildman–Crippen LogP) is 0.577. The first kappa shape index (κ1) is 17.6. The van der Waals surface area contributed by atoms with E-state index in [9.17, 15) is 9.59 Å². The van der Waals surface area contributed by atoms with Gasteiger partial charge in [0.25, 0.3) is 11.8 Å². The maximum Gasteiger partial charge on any atom is 0.256 e. The molecule has 7 heteroatoms. The van der Waals surface area contributed by atoms with Crippen LogP contribution < -0.4 is 21.3 Å². The van der Waals surface area contributed by atoms with Crippen LogP contribution >= 0.6 is 0 Å². The zero-order valence-corrected chi connectivity index (χ0v) is 16.3. The van der Waals surface area contributed by atoms with E-state index in [4.69, 9.17) is 4.99 Å². The fourth-order valence-corrected chi connectivity index (χ4v) is 4.26. The molecule has 5 aliphatic rings. The summed E-state index contributed by atoms with van der Waals surface area (Å²) in [5.41, 5.74) is 3.53. The highest BCUT2D eigenvalue weighted by Gasteiger charge is 2.42. The van der Waals surface area contributed by atoms with E-state index >= 15 is 0 Å². The maximum atomic E-state index is 12.5. The number of carbonyl (C=O) groups is 2. The predicted molar refractivity (Wildman–Crippen MR) is 118 cm³/mol. The Labute approximate surface area is 177 Å². The summed E-state index contributed by atoms with van der Waals surface area (Å²) >= 11 is 0. The van der Waals surface area contributed by atoms with Crippen LogP contribution in [0.1, 0.15) is 6.42 Å². The molecule has 1 unspecified atom stereocenters. The van der Waals surface area contributed by atoms with Gasteiger partial charge in [-0.2, -0.15) is 0 Å². The average Bonchev–Trinajstić information content (AvgIpc) is 3.52. The molecule has 8 bridgehead atoms. The standard InChI is InChI=1S/C24H17N5O2/c30-22-12-21(23(31)28-22)24-8-7-19(29-24)11-18-4-3-15(26-18)9-14-1-2-16(25-14)10-17-5-6-20(13-24)27-17/h1-7,9-13,25,29H,8H2,(H,28,30,31)/b14-9-,16-10-,18-11-,20-13-. The van der Waals surface area contributed by atoms with Gasteiger partial charge >= 0.3 is 0 Å². The maximum absolute atomic E-state index is 12.5. The molecule has 0 saturated heterocycles. The van der Waals surface area contributed by atoms with Crippen molar-refractivity contribution in [3.8, 4) is 0 Å². The van der Waals surface area contributed by atoms with Crippen molar-refractivity contribution in [1.29, 1.82) is 0 Å². The molecule has 1 aromatic rings. The van der Waals surface area contributed by atoms with E-state index in [0.717, 1.165) is 39.2 Å². The monoisotopic (exact) mass is 407 g/mol. The third-order valence-electron chi connectivity index (χ3n) is 5.65. The van der Waals surface area contributed by atoms with Gasteiger partial charge in [-0.3, -0.25) is 14.9 Å². The number of H-pyrrole nitrogens is 1. The van der Waals surface area contributed by atoms with E-state index in [1.807, 2.05) is 66.8 Å². The third-order valence-corrected chi connectivity index (χ3v) is 5.65. The molecule has 0 saturated carbocycles. The van der Waals surface area contributed by atoms with Gasteiger partial charge in [0.2, 0.25) is 0 Å². The zero-order chi connectivity index (χ0) is 21.0. The molecule has 0 radical (unpaired) electrons. The van der Waals surface area contributed by atoms with Gasteiger partial charge in [-0.25, -0.2) is 9.98 Å². The Morgan fingerprint density at radius 2 is 1.55 bits per heavy atom. The molecule has 5 aliphatic heterocycles. The molecule has 6 rings (SSSR count).